The number of ether oxygens (including phenoxy) is 1. The first kappa shape index (κ1) is 24.4. The zero-order valence-electron chi connectivity index (χ0n) is 18.8. The summed E-state index contributed by atoms with van der Waals surface area (Å²) in [6, 6.07) is 6.00. The number of thiophene rings is 1. The predicted molar refractivity (Wildman–Crippen MR) is 126 cm³/mol. The van der Waals surface area contributed by atoms with Crippen molar-refractivity contribution in [3.05, 3.63) is 45.8 Å². The molecular formula is C23H30N2O5S2. The lowest BCUT2D eigenvalue weighted by atomic mass is 9.95. The topological polar surface area (TPSA) is 92.8 Å². The maximum Gasteiger partial charge on any atom is 0.341 e. The predicted octanol–water partition coefficient (Wildman–Crippen LogP) is 4.13. The number of Topliss-reactive ketones (excluding diaryl/α,β-unsaturated/α-hetero) is 1. The summed E-state index contributed by atoms with van der Waals surface area (Å²) in [4.78, 5) is 26.6. The molecule has 32 heavy (non-hydrogen) atoms. The molecule has 1 heterocycles. The van der Waals surface area contributed by atoms with Crippen LogP contribution < -0.4 is 5.32 Å². The van der Waals surface area contributed by atoms with Crippen molar-refractivity contribution in [3.8, 4) is 0 Å². The van der Waals surface area contributed by atoms with Crippen molar-refractivity contribution >= 4 is 38.1 Å². The lowest BCUT2D eigenvalue weighted by Gasteiger charge is -2.18. The average molecular weight is 479 g/mol. The number of fused-ring (bicyclic) bond motifs is 1. The summed E-state index contributed by atoms with van der Waals surface area (Å²) in [5.74, 6) is -0.536. The number of hydrogen-bond donors (Lipinski definition) is 1. The van der Waals surface area contributed by atoms with E-state index in [-0.39, 0.29) is 23.2 Å². The molecule has 0 radical (unpaired) electrons. The summed E-state index contributed by atoms with van der Waals surface area (Å²) >= 11 is 1.52. The van der Waals surface area contributed by atoms with E-state index in [0.29, 0.717) is 35.8 Å². The molecule has 0 aliphatic heterocycles. The summed E-state index contributed by atoms with van der Waals surface area (Å²) < 4.78 is 31.9. The minimum atomic E-state index is -3.56. The molecule has 1 N–H and O–H groups in total. The van der Waals surface area contributed by atoms with Crippen LogP contribution in [0.1, 0.15) is 64.8 Å². The van der Waals surface area contributed by atoms with E-state index in [1.54, 1.807) is 20.8 Å². The Balaban J connectivity index is 1.75. The van der Waals surface area contributed by atoms with E-state index in [1.807, 2.05) is 0 Å². The number of nitrogens with zero attached hydrogens (tertiary/aromatic N) is 1. The highest BCUT2D eigenvalue weighted by Crippen LogP contribution is 2.38. The van der Waals surface area contributed by atoms with Gasteiger partial charge in [-0.3, -0.25) is 4.79 Å². The summed E-state index contributed by atoms with van der Waals surface area (Å²) in [6.45, 7) is 6.43. The Bertz CT molecular complexity index is 1070. The van der Waals surface area contributed by atoms with Crippen LogP contribution in [-0.4, -0.2) is 50.7 Å². The van der Waals surface area contributed by atoms with Crippen molar-refractivity contribution in [3.63, 3.8) is 0 Å². The van der Waals surface area contributed by atoms with Gasteiger partial charge in [0.15, 0.2) is 5.78 Å². The van der Waals surface area contributed by atoms with Gasteiger partial charge in [-0.1, -0.05) is 13.8 Å². The Morgan fingerprint density at radius 1 is 1.06 bits per heavy atom. The molecule has 1 aromatic heterocycles. The highest BCUT2D eigenvalue weighted by molar-refractivity contribution is 7.89. The fraction of sp³-hybridized carbons (Fsp3) is 0.478. The Kier molecular flexibility index (Phi) is 8.08. The third-order valence-electron chi connectivity index (χ3n) is 5.58. The van der Waals surface area contributed by atoms with Crippen LogP contribution in [0.25, 0.3) is 0 Å². The molecule has 1 aliphatic rings. The molecule has 2 aromatic rings. The third kappa shape index (κ3) is 5.05. The molecular weight excluding hydrogens is 448 g/mol. The number of ketones is 1. The number of nitrogens with one attached hydrogen (secondary N) is 1. The summed E-state index contributed by atoms with van der Waals surface area (Å²) in [5, 5.41) is 3.80. The molecule has 0 spiro atoms. The van der Waals surface area contributed by atoms with Crippen LogP contribution in [0.3, 0.4) is 0 Å². The van der Waals surface area contributed by atoms with Crippen LogP contribution in [-0.2, 0) is 27.6 Å². The number of benzene rings is 1. The molecule has 174 valence electrons. The van der Waals surface area contributed by atoms with Gasteiger partial charge in [0.1, 0.15) is 5.00 Å². The standard InChI is InChI=1S/C23H30N2O5S2/c1-4-25(5-2)32(28,29)17-13-11-16(12-14-17)19(26)15-24-22-21(23(27)30-6-3)18-9-7-8-10-20(18)31-22/h11-14,24H,4-10,15H2,1-3H3. The number of anilines is 1. The maximum absolute atomic E-state index is 12.7. The van der Waals surface area contributed by atoms with E-state index in [4.69, 9.17) is 4.74 Å². The lowest BCUT2D eigenvalue weighted by Crippen LogP contribution is -2.30. The largest absolute Gasteiger partial charge is 0.462 e. The second-order valence-corrected chi connectivity index (χ2v) is 10.6. The Morgan fingerprint density at radius 3 is 2.34 bits per heavy atom. The van der Waals surface area contributed by atoms with E-state index in [2.05, 4.69) is 5.32 Å². The fourth-order valence-electron chi connectivity index (χ4n) is 3.90. The number of carbonyl (C=O) groups excluding carboxylic acids is 2. The normalized spacial score (nSPS) is 13.6. The molecule has 7 nitrogen and oxygen atoms in total. The molecule has 0 bridgehead atoms. The van der Waals surface area contributed by atoms with E-state index >= 15 is 0 Å². The number of hydrogen-bond acceptors (Lipinski definition) is 7. The van der Waals surface area contributed by atoms with Gasteiger partial charge in [0.05, 0.1) is 23.6 Å². The number of rotatable bonds is 10. The molecule has 0 fully saturated rings. The smallest absolute Gasteiger partial charge is 0.341 e. The van der Waals surface area contributed by atoms with Crippen LogP contribution in [0.4, 0.5) is 5.00 Å². The minimum Gasteiger partial charge on any atom is -0.462 e. The average Bonchev–Trinajstić information content (AvgIpc) is 3.17. The second kappa shape index (κ2) is 10.6. The van der Waals surface area contributed by atoms with Crippen LogP contribution in [0.2, 0.25) is 0 Å². The van der Waals surface area contributed by atoms with Gasteiger partial charge in [-0.15, -0.1) is 11.3 Å². The van der Waals surface area contributed by atoms with Gasteiger partial charge in [-0.2, -0.15) is 4.31 Å². The molecule has 1 aliphatic carbocycles. The SMILES string of the molecule is CCOC(=O)c1c(NCC(=O)c2ccc(S(=O)(=O)N(CC)CC)cc2)sc2c1CCCC2. The van der Waals surface area contributed by atoms with Gasteiger partial charge in [0.2, 0.25) is 10.0 Å². The number of aryl methyl sites for hydroxylation is 1. The monoisotopic (exact) mass is 478 g/mol. The Labute approximate surface area is 193 Å². The number of carbonyl (C=O) groups is 2. The van der Waals surface area contributed by atoms with Crippen molar-refractivity contribution < 1.29 is 22.7 Å². The van der Waals surface area contributed by atoms with Crippen molar-refractivity contribution in [1.29, 1.82) is 0 Å². The number of sulfonamides is 1. The van der Waals surface area contributed by atoms with E-state index in [1.165, 1.54) is 44.8 Å². The minimum absolute atomic E-state index is 0.00788. The molecule has 0 amide bonds. The second-order valence-electron chi connectivity index (χ2n) is 7.53. The lowest BCUT2D eigenvalue weighted by molar-refractivity contribution is 0.0526. The molecule has 1 aromatic carbocycles. The van der Waals surface area contributed by atoms with Crippen molar-refractivity contribution in [2.24, 2.45) is 0 Å². The zero-order chi connectivity index (χ0) is 23.3. The van der Waals surface area contributed by atoms with Crippen LogP contribution in [0, 0.1) is 0 Å². The molecule has 9 heteroatoms. The van der Waals surface area contributed by atoms with E-state index in [9.17, 15) is 18.0 Å². The van der Waals surface area contributed by atoms with Crippen molar-refractivity contribution in [1.82, 2.24) is 4.31 Å². The zero-order valence-corrected chi connectivity index (χ0v) is 20.4. The third-order valence-corrected chi connectivity index (χ3v) is 8.89. The van der Waals surface area contributed by atoms with Crippen molar-refractivity contribution in [2.75, 3.05) is 31.6 Å². The van der Waals surface area contributed by atoms with E-state index < -0.39 is 10.0 Å². The molecule has 0 saturated heterocycles. The Morgan fingerprint density at radius 2 is 1.72 bits per heavy atom. The highest BCUT2D eigenvalue weighted by atomic mass is 32.2. The summed E-state index contributed by atoms with van der Waals surface area (Å²) in [7, 11) is -3.56. The van der Waals surface area contributed by atoms with E-state index in [0.717, 1.165) is 31.2 Å². The molecule has 3 rings (SSSR count). The van der Waals surface area contributed by atoms with Crippen LogP contribution in [0.5, 0.6) is 0 Å². The van der Waals surface area contributed by atoms with Gasteiger partial charge < -0.3 is 10.1 Å². The maximum atomic E-state index is 12.7. The van der Waals surface area contributed by atoms with Gasteiger partial charge in [0, 0.05) is 23.5 Å². The Hall–Kier alpha value is -2.23. The van der Waals surface area contributed by atoms with Gasteiger partial charge in [0.25, 0.3) is 0 Å². The summed E-state index contributed by atoms with van der Waals surface area (Å²) in [5.41, 5.74) is 2.01. The first-order chi connectivity index (χ1) is 15.3. The van der Waals surface area contributed by atoms with Crippen LogP contribution in [0.15, 0.2) is 29.2 Å². The highest BCUT2D eigenvalue weighted by Gasteiger charge is 2.27. The first-order valence-corrected chi connectivity index (χ1v) is 13.3. The number of esters is 1. The summed E-state index contributed by atoms with van der Waals surface area (Å²) in [6.07, 6.45) is 3.91. The van der Waals surface area contributed by atoms with Gasteiger partial charge in [-0.25, -0.2) is 13.2 Å². The van der Waals surface area contributed by atoms with Crippen LogP contribution >= 0.6 is 11.3 Å². The van der Waals surface area contributed by atoms with Gasteiger partial charge >= 0.3 is 5.97 Å². The fourth-order valence-corrected chi connectivity index (χ4v) is 6.63. The van der Waals surface area contributed by atoms with Crippen molar-refractivity contribution in [2.45, 2.75) is 51.3 Å². The van der Waals surface area contributed by atoms with Gasteiger partial charge in [-0.05, 0) is 62.4 Å². The molecule has 0 saturated carbocycles. The first-order valence-electron chi connectivity index (χ1n) is 11.0. The molecule has 0 unspecified atom stereocenters. The quantitative estimate of drug-likeness (QED) is 0.408. The molecule has 0 atom stereocenters.